The SMILES string of the molecule is Cc1cc(Oc2ccc(CBr)cn2)ccc1F. The minimum Gasteiger partial charge on any atom is -0.439 e. The van der Waals surface area contributed by atoms with E-state index < -0.39 is 0 Å². The smallest absolute Gasteiger partial charge is 0.219 e. The van der Waals surface area contributed by atoms with Crippen LogP contribution < -0.4 is 4.74 Å². The molecule has 2 rings (SSSR count). The molecule has 1 aromatic heterocycles. The van der Waals surface area contributed by atoms with Gasteiger partial charge in [0, 0.05) is 17.6 Å². The van der Waals surface area contributed by atoms with Crippen molar-refractivity contribution in [2.45, 2.75) is 12.3 Å². The van der Waals surface area contributed by atoms with Crippen molar-refractivity contribution in [1.29, 1.82) is 0 Å². The van der Waals surface area contributed by atoms with Crippen molar-refractivity contribution in [2.75, 3.05) is 0 Å². The van der Waals surface area contributed by atoms with Gasteiger partial charge in [0.05, 0.1) is 0 Å². The molecule has 0 radical (unpaired) electrons. The minimum atomic E-state index is -0.236. The normalized spacial score (nSPS) is 10.3. The average molecular weight is 296 g/mol. The summed E-state index contributed by atoms with van der Waals surface area (Å²) in [5.41, 5.74) is 1.63. The van der Waals surface area contributed by atoms with Gasteiger partial charge in [0.25, 0.3) is 0 Å². The second-order valence-corrected chi connectivity index (χ2v) is 4.21. The lowest BCUT2D eigenvalue weighted by Gasteiger charge is -2.06. The quantitative estimate of drug-likeness (QED) is 0.791. The van der Waals surface area contributed by atoms with Gasteiger partial charge in [-0.25, -0.2) is 9.37 Å². The molecular formula is C13H11BrFNO. The molecule has 1 aromatic carbocycles. The Bertz CT molecular complexity index is 513. The molecule has 0 N–H and O–H groups in total. The Morgan fingerprint density at radius 1 is 1.29 bits per heavy atom. The molecule has 0 unspecified atom stereocenters. The largest absolute Gasteiger partial charge is 0.439 e. The topological polar surface area (TPSA) is 22.1 Å². The monoisotopic (exact) mass is 295 g/mol. The average Bonchev–Trinajstić information content (AvgIpc) is 2.35. The number of hydrogen-bond acceptors (Lipinski definition) is 2. The van der Waals surface area contributed by atoms with Crippen molar-refractivity contribution < 1.29 is 9.13 Å². The summed E-state index contributed by atoms with van der Waals surface area (Å²) < 4.78 is 18.6. The molecule has 0 spiro atoms. The first-order valence-electron chi connectivity index (χ1n) is 5.14. The molecule has 0 bridgehead atoms. The first-order chi connectivity index (χ1) is 8.19. The molecule has 1 heterocycles. The van der Waals surface area contributed by atoms with Gasteiger partial charge in [0.2, 0.25) is 5.88 Å². The van der Waals surface area contributed by atoms with Gasteiger partial charge in [-0.3, -0.25) is 0 Å². The first kappa shape index (κ1) is 12.0. The summed E-state index contributed by atoms with van der Waals surface area (Å²) in [6.07, 6.45) is 1.74. The van der Waals surface area contributed by atoms with E-state index in [-0.39, 0.29) is 5.82 Å². The van der Waals surface area contributed by atoms with Crippen molar-refractivity contribution in [3.63, 3.8) is 0 Å². The maximum absolute atomic E-state index is 13.1. The molecule has 0 amide bonds. The highest BCUT2D eigenvalue weighted by molar-refractivity contribution is 9.08. The third kappa shape index (κ3) is 3.03. The van der Waals surface area contributed by atoms with Gasteiger partial charge >= 0.3 is 0 Å². The van der Waals surface area contributed by atoms with Crippen LogP contribution in [0.25, 0.3) is 0 Å². The van der Waals surface area contributed by atoms with E-state index in [0.717, 1.165) is 10.9 Å². The van der Waals surface area contributed by atoms with Gasteiger partial charge in [0.1, 0.15) is 11.6 Å². The molecule has 17 heavy (non-hydrogen) atoms. The second-order valence-electron chi connectivity index (χ2n) is 3.65. The number of ether oxygens (including phenoxy) is 1. The Morgan fingerprint density at radius 2 is 2.12 bits per heavy atom. The number of nitrogens with zero attached hydrogens (tertiary/aromatic N) is 1. The number of halogens is 2. The molecule has 0 aliphatic carbocycles. The van der Waals surface area contributed by atoms with Crippen LogP contribution in [0.4, 0.5) is 4.39 Å². The van der Waals surface area contributed by atoms with Crippen LogP contribution in [0.5, 0.6) is 11.6 Å². The minimum absolute atomic E-state index is 0.236. The summed E-state index contributed by atoms with van der Waals surface area (Å²) in [6.45, 7) is 1.70. The fourth-order valence-corrected chi connectivity index (χ4v) is 1.68. The van der Waals surface area contributed by atoms with E-state index in [1.807, 2.05) is 6.07 Å². The van der Waals surface area contributed by atoms with E-state index in [4.69, 9.17) is 4.74 Å². The van der Waals surface area contributed by atoms with Crippen LogP contribution >= 0.6 is 15.9 Å². The van der Waals surface area contributed by atoms with Crippen LogP contribution in [0.2, 0.25) is 0 Å². The predicted octanol–water partition coefficient (Wildman–Crippen LogP) is 4.22. The van der Waals surface area contributed by atoms with Crippen LogP contribution in [0.1, 0.15) is 11.1 Å². The second kappa shape index (κ2) is 5.27. The molecule has 0 atom stereocenters. The Hall–Kier alpha value is -1.42. The lowest BCUT2D eigenvalue weighted by Crippen LogP contribution is -1.90. The summed E-state index contributed by atoms with van der Waals surface area (Å²) in [4.78, 5) is 4.15. The van der Waals surface area contributed by atoms with Crippen LogP contribution in [-0.4, -0.2) is 4.98 Å². The molecular weight excluding hydrogens is 285 g/mol. The van der Waals surface area contributed by atoms with Crippen molar-refractivity contribution >= 4 is 15.9 Å². The number of aromatic nitrogens is 1. The number of aryl methyl sites for hydroxylation is 1. The number of alkyl halides is 1. The van der Waals surface area contributed by atoms with Gasteiger partial charge in [-0.2, -0.15) is 0 Å². The van der Waals surface area contributed by atoms with Crippen molar-refractivity contribution in [2.24, 2.45) is 0 Å². The van der Waals surface area contributed by atoms with Gasteiger partial charge in [0.15, 0.2) is 0 Å². The highest BCUT2D eigenvalue weighted by Gasteiger charge is 2.02. The molecule has 4 heteroatoms. The van der Waals surface area contributed by atoms with Crippen molar-refractivity contribution in [1.82, 2.24) is 4.98 Å². The number of pyridine rings is 1. The van der Waals surface area contributed by atoms with E-state index in [0.29, 0.717) is 17.2 Å². The van der Waals surface area contributed by atoms with Crippen molar-refractivity contribution in [3.8, 4) is 11.6 Å². The molecule has 2 aromatic rings. The number of benzene rings is 1. The van der Waals surface area contributed by atoms with Gasteiger partial charge in [-0.1, -0.05) is 22.0 Å². The molecule has 0 aliphatic rings. The van der Waals surface area contributed by atoms with E-state index >= 15 is 0 Å². The van der Waals surface area contributed by atoms with E-state index in [9.17, 15) is 4.39 Å². The molecule has 88 valence electrons. The fraction of sp³-hybridized carbons (Fsp3) is 0.154. The molecule has 0 aliphatic heterocycles. The summed E-state index contributed by atoms with van der Waals surface area (Å²) in [5, 5.41) is 0.760. The highest BCUT2D eigenvalue weighted by Crippen LogP contribution is 2.22. The zero-order valence-electron chi connectivity index (χ0n) is 9.28. The van der Waals surface area contributed by atoms with Crippen LogP contribution in [0.3, 0.4) is 0 Å². The lowest BCUT2D eigenvalue weighted by molar-refractivity contribution is 0.460. The maximum atomic E-state index is 13.1. The molecule has 0 saturated carbocycles. The van der Waals surface area contributed by atoms with Gasteiger partial charge in [-0.05, 0) is 36.2 Å². The van der Waals surface area contributed by atoms with E-state index in [2.05, 4.69) is 20.9 Å². The Labute approximate surface area is 108 Å². The third-order valence-electron chi connectivity index (χ3n) is 2.30. The number of rotatable bonds is 3. The molecule has 0 fully saturated rings. The molecule has 0 saturated heterocycles. The summed E-state index contributed by atoms with van der Waals surface area (Å²) in [5.74, 6) is 0.851. The van der Waals surface area contributed by atoms with Gasteiger partial charge < -0.3 is 4.74 Å². The fourth-order valence-electron chi connectivity index (χ4n) is 1.35. The summed E-state index contributed by atoms with van der Waals surface area (Å²) >= 11 is 3.34. The first-order valence-corrected chi connectivity index (χ1v) is 6.26. The standard InChI is InChI=1S/C13H11BrFNO/c1-9-6-11(3-4-12(9)15)17-13-5-2-10(7-14)8-16-13/h2-6,8H,7H2,1H3. The lowest BCUT2D eigenvalue weighted by atomic mass is 10.2. The Morgan fingerprint density at radius 3 is 2.71 bits per heavy atom. The zero-order chi connectivity index (χ0) is 12.3. The number of hydrogen-bond donors (Lipinski definition) is 0. The van der Waals surface area contributed by atoms with Crippen LogP contribution in [0.15, 0.2) is 36.5 Å². The Balaban J connectivity index is 2.16. The van der Waals surface area contributed by atoms with E-state index in [1.54, 1.807) is 31.3 Å². The summed E-state index contributed by atoms with van der Waals surface area (Å²) in [7, 11) is 0. The predicted molar refractivity (Wildman–Crippen MR) is 68.1 cm³/mol. The third-order valence-corrected chi connectivity index (χ3v) is 2.95. The zero-order valence-corrected chi connectivity index (χ0v) is 10.9. The summed E-state index contributed by atoms with van der Waals surface area (Å²) in [6, 6.07) is 8.33. The molecule has 2 nitrogen and oxygen atoms in total. The van der Waals surface area contributed by atoms with Gasteiger partial charge in [-0.15, -0.1) is 0 Å². The Kier molecular flexibility index (Phi) is 3.74. The van der Waals surface area contributed by atoms with Crippen LogP contribution in [0, 0.1) is 12.7 Å². The highest BCUT2D eigenvalue weighted by atomic mass is 79.9. The van der Waals surface area contributed by atoms with E-state index in [1.165, 1.54) is 6.07 Å². The van der Waals surface area contributed by atoms with Crippen molar-refractivity contribution in [3.05, 3.63) is 53.5 Å². The maximum Gasteiger partial charge on any atom is 0.219 e. The van der Waals surface area contributed by atoms with Crippen LogP contribution in [-0.2, 0) is 5.33 Å².